The number of anilines is 1. The van der Waals surface area contributed by atoms with Crippen LogP contribution in [0.3, 0.4) is 0 Å². The normalized spacial score (nSPS) is 22.5. The molecule has 20 heavy (non-hydrogen) atoms. The molecule has 3 nitrogen and oxygen atoms in total. The van der Waals surface area contributed by atoms with Crippen molar-refractivity contribution in [2.75, 3.05) is 5.73 Å². The van der Waals surface area contributed by atoms with E-state index in [1.807, 2.05) is 25.1 Å². The van der Waals surface area contributed by atoms with Crippen LogP contribution < -0.4 is 11.1 Å². The Kier molecular flexibility index (Phi) is 5.05. The van der Waals surface area contributed by atoms with Crippen LogP contribution in [0.25, 0.3) is 0 Å². The van der Waals surface area contributed by atoms with Crippen LogP contribution in [-0.2, 0) is 0 Å². The second-order valence-corrected chi connectivity index (χ2v) is 6.07. The van der Waals surface area contributed by atoms with Gasteiger partial charge >= 0.3 is 0 Å². The van der Waals surface area contributed by atoms with Crippen LogP contribution in [0.4, 0.5) is 5.69 Å². The number of nitrogens with one attached hydrogen (secondary N) is 1. The first kappa shape index (κ1) is 14.9. The molecule has 0 bridgehead atoms. The van der Waals surface area contributed by atoms with E-state index in [1.165, 1.54) is 25.7 Å². The summed E-state index contributed by atoms with van der Waals surface area (Å²) in [6.07, 6.45) is 7.27. The van der Waals surface area contributed by atoms with E-state index in [0.29, 0.717) is 17.3 Å². The van der Waals surface area contributed by atoms with Gasteiger partial charge in [-0.25, -0.2) is 0 Å². The fourth-order valence-corrected chi connectivity index (χ4v) is 3.13. The number of nitrogen functional groups attached to an aromatic ring is 1. The highest BCUT2D eigenvalue weighted by atomic mass is 16.1. The van der Waals surface area contributed by atoms with Gasteiger partial charge in [0, 0.05) is 11.7 Å². The maximum Gasteiger partial charge on any atom is 0.253 e. The highest BCUT2D eigenvalue weighted by molar-refractivity contribution is 5.99. The standard InChI is InChI=1S/C17H26N2O/c1-3-4-13-6-8-14(9-7-13)19-17(20)15-11-12(2)5-10-16(15)18/h5,10-11,13-14H,3-4,6-9,18H2,1-2H3,(H,19,20). The molecule has 0 aliphatic heterocycles. The minimum absolute atomic E-state index is 0.0230. The van der Waals surface area contributed by atoms with Crippen LogP contribution in [-0.4, -0.2) is 11.9 Å². The first-order valence-corrected chi connectivity index (χ1v) is 7.77. The lowest BCUT2D eigenvalue weighted by atomic mass is 9.83. The summed E-state index contributed by atoms with van der Waals surface area (Å²) in [4.78, 5) is 12.3. The summed E-state index contributed by atoms with van der Waals surface area (Å²) in [5, 5.41) is 3.15. The van der Waals surface area contributed by atoms with Gasteiger partial charge in [0.15, 0.2) is 0 Å². The quantitative estimate of drug-likeness (QED) is 0.823. The third-order valence-electron chi connectivity index (χ3n) is 4.33. The number of carbonyl (C=O) groups excluding carboxylic acids is 1. The Hall–Kier alpha value is -1.51. The Morgan fingerprint density at radius 1 is 1.30 bits per heavy atom. The molecule has 0 spiro atoms. The van der Waals surface area contributed by atoms with Crippen molar-refractivity contribution in [3.8, 4) is 0 Å². The number of benzene rings is 1. The smallest absolute Gasteiger partial charge is 0.253 e. The third-order valence-corrected chi connectivity index (χ3v) is 4.33. The van der Waals surface area contributed by atoms with Crippen LogP contribution in [0, 0.1) is 12.8 Å². The first-order valence-electron chi connectivity index (χ1n) is 7.77. The van der Waals surface area contributed by atoms with Crippen LogP contribution in [0.5, 0.6) is 0 Å². The van der Waals surface area contributed by atoms with Crippen LogP contribution in [0.2, 0.25) is 0 Å². The summed E-state index contributed by atoms with van der Waals surface area (Å²) >= 11 is 0. The molecule has 1 aliphatic rings. The molecule has 1 aromatic rings. The van der Waals surface area contributed by atoms with Gasteiger partial charge in [0.25, 0.3) is 5.91 Å². The largest absolute Gasteiger partial charge is 0.398 e. The van der Waals surface area contributed by atoms with Gasteiger partial charge in [-0.3, -0.25) is 4.79 Å². The Balaban J connectivity index is 1.91. The molecule has 110 valence electrons. The zero-order chi connectivity index (χ0) is 14.5. The molecule has 1 fully saturated rings. The molecule has 1 amide bonds. The van der Waals surface area contributed by atoms with Crippen molar-refractivity contribution in [3.05, 3.63) is 29.3 Å². The van der Waals surface area contributed by atoms with E-state index in [2.05, 4.69) is 12.2 Å². The highest BCUT2D eigenvalue weighted by Crippen LogP contribution is 2.28. The number of carbonyl (C=O) groups is 1. The molecule has 0 unspecified atom stereocenters. The van der Waals surface area contributed by atoms with E-state index in [9.17, 15) is 4.79 Å². The van der Waals surface area contributed by atoms with Crippen molar-refractivity contribution >= 4 is 11.6 Å². The lowest BCUT2D eigenvalue weighted by molar-refractivity contribution is 0.0922. The fourth-order valence-electron chi connectivity index (χ4n) is 3.13. The summed E-state index contributed by atoms with van der Waals surface area (Å²) in [6.45, 7) is 4.22. The predicted molar refractivity (Wildman–Crippen MR) is 83.7 cm³/mol. The van der Waals surface area contributed by atoms with E-state index in [-0.39, 0.29) is 5.91 Å². The lowest BCUT2D eigenvalue weighted by Crippen LogP contribution is -2.38. The SMILES string of the molecule is CCCC1CCC(NC(=O)c2cc(C)ccc2N)CC1. The summed E-state index contributed by atoms with van der Waals surface area (Å²) in [5.41, 5.74) is 8.14. The van der Waals surface area contributed by atoms with Crippen LogP contribution >= 0.6 is 0 Å². The van der Waals surface area contributed by atoms with Crippen molar-refractivity contribution in [1.29, 1.82) is 0 Å². The Morgan fingerprint density at radius 3 is 2.65 bits per heavy atom. The first-order chi connectivity index (χ1) is 9.60. The molecule has 3 heteroatoms. The zero-order valence-electron chi connectivity index (χ0n) is 12.6. The second kappa shape index (κ2) is 6.78. The van der Waals surface area contributed by atoms with E-state index >= 15 is 0 Å². The number of hydrogen-bond acceptors (Lipinski definition) is 2. The maximum atomic E-state index is 12.3. The molecular weight excluding hydrogens is 248 g/mol. The van der Waals surface area contributed by atoms with Crippen molar-refractivity contribution in [3.63, 3.8) is 0 Å². The second-order valence-electron chi connectivity index (χ2n) is 6.07. The van der Waals surface area contributed by atoms with Crippen LogP contribution in [0.15, 0.2) is 18.2 Å². The molecule has 0 aromatic heterocycles. The Morgan fingerprint density at radius 2 is 2.00 bits per heavy atom. The van der Waals surface area contributed by atoms with Gasteiger partial charge in [-0.2, -0.15) is 0 Å². The van der Waals surface area contributed by atoms with Gasteiger partial charge < -0.3 is 11.1 Å². The molecule has 1 aliphatic carbocycles. The molecule has 1 aromatic carbocycles. The average molecular weight is 274 g/mol. The topological polar surface area (TPSA) is 55.1 Å². The molecule has 0 heterocycles. The fraction of sp³-hybridized carbons (Fsp3) is 0.588. The van der Waals surface area contributed by atoms with E-state index in [4.69, 9.17) is 5.73 Å². The monoisotopic (exact) mass is 274 g/mol. The maximum absolute atomic E-state index is 12.3. The Labute approximate surface area is 121 Å². The molecule has 0 atom stereocenters. The molecule has 0 saturated heterocycles. The molecule has 2 rings (SSSR count). The summed E-state index contributed by atoms with van der Waals surface area (Å²) in [7, 11) is 0. The van der Waals surface area contributed by atoms with Crippen LogP contribution in [0.1, 0.15) is 61.4 Å². The van der Waals surface area contributed by atoms with E-state index in [0.717, 1.165) is 24.3 Å². The molecule has 0 radical (unpaired) electrons. The summed E-state index contributed by atoms with van der Waals surface area (Å²) < 4.78 is 0. The number of aryl methyl sites for hydroxylation is 1. The van der Waals surface area contributed by atoms with Gasteiger partial charge in [0.05, 0.1) is 5.56 Å². The lowest BCUT2D eigenvalue weighted by Gasteiger charge is -2.29. The molecular formula is C17H26N2O. The number of nitrogens with two attached hydrogens (primary N) is 1. The summed E-state index contributed by atoms with van der Waals surface area (Å²) in [6, 6.07) is 5.92. The van der Waals surface area contributed by atoms with E-state index in [1.54, 1.807) is 0 Å². The number of amides is 1. The van der Waals surface area contributed by atoms with Crippen molar-refractivity contribution in [2.24, 2.45) is 5.92 Å². The number of rotatable bonds is 4. The van der Waals surface area contributed by atoms with Gasteiger partial charge in [-0.15, -0.1) is 0 Å². The van der Waals surface area contributed by atoms with Crippen molar-refractivity contribution in [2.45, 2.75) is 58.4 Å². The predicted octanol–water partition coefficient (Wildman–Crippen LogP) is 3.67. The van der Waals surface area contributed by atoms with Crippen molar-refractivity contribution in [1.82, 2.24) is 5.32 Å². The molecule has 1 saturated carbocycles. The highest BCUT2D eigenvalue weighted by Gasteiger charge is 2.22. The summed E-state index contributed by atoms with van der Waals surface area (Å²) in [5.74, 6) is 0.835. The average Bonchev–Trinajstić information content (AvgIpc) is 2.44. The Bertz CT molecular complexity index is 462. The minimum atomic E-state index is -0.0230. The zero-order valence-corrected chi connectivity index (χ0v) is 12.6. The minimum Gasteiger partial charge on any atom is -0.398 e. The van der Waals surface area contributed by atoms with Gasteiger partial charge in [-0.05, 0) is 50.7 Å². The van der Waals surface area contributed by atoms with Crippen molar-refractivity contribution < 1.29 is 4.79 Å². The third kappa shape index (κ3) is 3.75. The number of hydrogen-bond donors (Lipinski definition) is 2. The van der Waals surface area contributed by atoms with Gasteiger partial charge in [0.1, 0.15) is 0 Å². The van der Waals surface area contributed by atoms with Gasteiger partial charge in [-0.1, -0.05) is 31.4 Å². The van der Waals surface area contributed by atoms with E-state index < -0.39 is 0 Å². The van der Waals surface area contributed by atoms with Gasteiger partial charge in [0.2, 0.25) is 0 Å². The molecule has 3 N–H and O–H groups in total.